The molecule has 0 aliphatic carbocycles. The predicted molar refractivity (Wildman–Crippen MR) is 65.5 cm³/mol. The summed E-state index contributed by atoms with van der Waals surface area (Å²) in [7, 11) is 0. The highest BCUT2D eigenvalue weighted by Crippen LogP contribution is 2.20. The second-order valence-electron chi connectivity index (χ2n) is 3.43. The molecule has 0 aliphatic heterocycles. The molecule has 2 aromatic rings. The maximum atomic E-state index is 5.85. The molecule has 0 N–H and O–H groups in total. The van der Waals surface area contributed by atoms with Gasteiger partial charge in [0.2, 0.25) is 5.89 Å². The van der Waals surface area contributed by atoms with E-state index in [1.165, 1.54) is 0 Å². The normalized spacial score (nSPS) is 12.7. The highest BCUT2D eigenvalue weighted by atomic mass is 79.9. The lowest BCUT2D eigenvalue weighted by molar-refractivity contribution is 0.374. The number of benzene rings is 1. The van der Waals surface area contributed by atoms with E-state index in [4.69, 9.17) is 16.1 Å². The molecule has 0 saturated carbocycles. The summed E-state index contributed by atoms with van der Waals surface area (Å²) in [5.41, 5.74) is 1.12. The fourth-order valence-electron chi connectivity index (χ4n) is 1.31. The maximum absolute atomic E-state index is 5.85. The SMILES string of the molecule is CC(Cl)c1nc(Cc2ccccc2Br)no1. The summed E-state index contributed by atoms with van der Waals surface area (Å²) in [6.45, 7) is 1.80. The summed E-state index contributed by atoms with van der Waals surface area (Å²) in [5, 5.41) is 3.63. The highest BCUT2D eigenvalue weighted by molar-refractivity contribution is 9.10. The van der Waals surface area contributed by atoms with Crippen LogP contribution in [0.3, 0.4) is 0 Å². The minimum atomic E-state index is -0.250. The van der Waals surface area contributed by atoms with Gasteiger partial charge in [-0.2, -0.15) is 4.98 Å². The molecule has 3 nitrogen and oxygen atoms in total. The average Bonchev–Trinajstić information content (AvgIpc) is 2.70. The topological polar surface area (TPSA) is 38.9 Å². The van der Waals surface area contributed by atoms with Crippen LogP contribution in [0.5, 0.6) is 0 Å². The molecule has 0 bridgehead atoms. The average molecular weight is 302 g/mol. The van der Waals surface area contributed by atoms with Crippen LogP contribution in [0, 0.1) is 0 Å². The first-order chi connectivity index (χ1) is 7.66. The third kappa shape index (κ3) is 2.62. The van der Waals surface area contributed by atoms with Crippen LogP contribution in [0.15, 0.2) is 33.3 Å². The Morgan fingerprint density at radius 2 is 2.19 bits per heavy atom. The first-order valence-electron chi connectivity index (χ1n) is 4.87. The van der Waals surface area contributed by atoms with Crippen LogP contribution >= 0.6 is 27.5 Å². The molecule has 1 aromatic carbocycles. The van der Waals surface area contributed by atoms with Crippen LogP contribution in [-0.2, 0) is 6.42 Å². The maximum Gasteiger partial charge on any atom is 0.244 e. The van der Waals surface area contributed by atoms with E-state index in [-0.39, 0.29) is 5.38 Å². The molecule has 0 spiro atoms. The lowest BCUT2D eigenvalue weighted by atomic mass is 10.1. The van der Waals surface area contributed by atoms with Gasteiger partial charge >= 0.3 is 0 Å². The van der Waals surface area contributed by atoms with E-state index in [2.05, 4.69) is 26.1 Å². The Kier molecular flexibility index (Phi) is 3.61. The number of aromatic nitrogens is 2. The first-order valence-corrected chi connectivity index (χ1v) is 6.09. The molecule has 0 amide bonds. The van der Waals surface area contributed by atoms with Crippen molar-refractivity contribution in [2.75, 3.05) is 0 Å². The van der Waals surface area contributed by atoms with Crippen LogP contribution in [0.25, 0.3) is 0 Å². The van der Waals surface area contributed by atoms with Gasteiger partial charge in [-0.25, -0.2) is 0 Å². The van der Waals surface area contributed by atoms with Crippen molar-refractivity contribution in [1.82, 2.24) is 10.1 Å². The fourth-order valence-corrected chi connectivity index (χ4v) is 1.83. The van der Waals surface area contributed by atoms with Crippen molar-refractivity contribution in [3.05, 3.63) is 46.0 Å². The van der Waals surface area contributed by atoms with Crippen molar-refractivity contribution in [3.8, 4) is 0 Å². The molecule has 0 radical (unpaired) electrons. The molecular formula is C11H10BrClN2O. The van der Waals surface area contributed by atoms with Gasteiger partial charge in [-0.05, 0) is 18.6 Å². The van der Waals surface area contributed by atoms with Gasteiger partial charge in [0.1, 0.15) is 5.38 Å². The summed E-state index contributed by atoms with van der Waals surface area (Å²) in [6, 6.07) is 7.95. The number of alkyl halides is 1. The Balaban J connectivity index is 2.18. The van der Waals surface area contributed by atoms with Crippen molar-refractivity contribution in [2.45, 2.75) is 18.7 Å². The molecule has 0 aliphatic rings. The minimum absolute atomic E-state index is 0.250. The van der Waals surface area contributed by atoms with Gasteiger partial charge in [-0.3, -0.25) is 0 Å². The van der Waals surface area contributed by atoms with Gasteiger partial charge in [0.15, 0.2) is 5.82 Å². The van der Waals surface area contributed by atoms with Crippen molar-refractivity contribution in [2.24, 2.45) is 0 Å². The number of hydrogen-bond acceptors (Lipinski definition) is 3. The standard InChI is InChI=1S/C11H10BrClN2O/c1-7(13)11-14-10(15-16-11)6-8-4-2-3-5-9(8)12/h2-5,7H,6H2,1H3. The predicted octanol–water partition coefficient (Wildman–Crippen LogP) is 3.72. The zero-order chi connectivity index (χ0) is 11.5. The number of hydrogen-bond donors (Lipinski definition) is 0. The van der Waals surface area contributed by atoms with Gasteiger partial charge in [-0.1, -0.05) is 39.3 Å². The summed E-state index contributed by atoms with van der Waals surface area (Å²) < 4.78 is 6.07. The molecule has 16 heavy (non-hydrogen) atoms. The summed E-state index contributed by atoms with van der Waals surface area (Å²) in [6.07, 6.45) is 0.633. The second-order valence-corrected chi connectivity index (χ2v) is 4.94. The van der Waals surface area contributed by atoms with Gasteiger partial charge < -0.3 is 4.52 Å². The van der Waals surface area contributed by atoms with E-state index in [0.717, 1.165) is 10.0 Å². The molecule has 1 heterocycles. The molecule has 84 valence electrons. The molecular weight excluding hydrogens is 291 g/mol. The fraction of sp³-hybridized carbons (Fsp3) is 0.273. The molecule has 0 fully saturated rings. The zero-order valence-electron chi connectivity index (χ0n) is 8.65. The van der Waals surface area contributed by atoms with Gasteiger partial charge in [-0.15, -0.1) is 11.6 Å². The minimum Gasteiger partial charge on any atom is -0.338 e. The van der Waals surface area contributed by atoms with Crippen molar-refractivity contribution >= 4 is 27.5 Å². The summed E-state index contributed by atoms with van der Waals surface area (Å²) >= 11 is 9.32. The third-order valence-electron chi connectivity index (χ3n) is 2.13. The Hall–Kier alpha value is -0.870. The Labute approximate surface area is 107 Å². The van der Waals surface area contributed by atoms with Gasteiger partial charge in [0, 0.05) is 10.9 Å². The van der Waals surface area contributed by atoms with Crippen molar-refractivity contribution in [1.29, 1.82) is 0 Å². The Morgan fingerprint density at radius 1 is 1.44 bits per heavy atom. The van der Waals surface area contributed by atoms with E-state index in [1.54, 1.807) is 6.92 Å². The van der Waals surface area contributed by atoms with E-state index in [1.807, 2.05) is 24.3 Å². The number of nitrogens with zero attached hydrogens (tertiary/aromatic N) is 2. The van der Waals surface area contributed by atoms with Crippen LogP contribution in [0.1, 0.15) is 29.6 Å². The molecule has 1 aromatic heterocycles. The van der Waals surface area contributed by atoms with E-state index in [9.17, 15) is 0 Å². The van der Waals surface area contributed by atoms with E-state index in [0.29, 0.717) is 18.1 Å². The second kappa shape index (κ2) is 4.97. The Bertz CT molecular complexity index is 484. The highest BCUT2D eigenvalue weighted by Gasteiger charge is 2.12. The van der Waals surface area contributed by atoms with Gasteiger partial charge in [0.25, 0.3) is 0 Å². The van der Waals surface area contributed by atoms with Crippen LogP contribution < -0.4 is 0 Å². The third-order valence-corrected chi connectivity index (χ3v) is 3.09. The largest absolute Gasteiger partial charge is 0.338 e. The van der Waals surface area contributed by atoms with Crippen molar-refractivity contribution in [3.63, 3.8) is 0 Å². The van der Waals surface area contributed by atoms with Crippen LogP contribution in [-0.4, -0.2) is 10.1 Å². The van der Waals surface area contributed by atoms with Crippen LogP contribution in [0.2, 0.25) is 0 Å². The smallest absolute Gasteiger partial charge is 0.244 e. The Morgan fingerprint density at radius 3 is 2.81 bits per heavy atom. The molecule has 0 saturated heterocycles. The molecule has 2 rings (SSSR count). The number of halogens is 2. The lowest BCUT2D eigenvalue weighted by Crippen LogP contribution is -1.92. The van der Waals surface area contributed by atoms with Gasteiger partial charge in [0.05, 0.1) is 0 Å². The monoisotopic (exact) mass is 300 g/mol. The lowest BCUT2D eigenvalue weighted by Gasteiger charge is -1.99. The molecule has 1 atom stereocenters. The first kappa shape index (κ1) is 11.6. The van der Waals surface area contributed by atoms with Crippen molar-refractivity contribution < 1.29 is 4.52 Å². The summed E-state index contributed by atoms with van der Waals surface area (Å²) in [4.78, 5) is 4.22. The molecule has 1 unspecified atom stereocenters. The van der Waals surface area contributed by atoms with Crippen LogP contribution in [0.4, 0.5) is 0 Å². The van der Waals surface area contributed by atoms with E-state index >= 15 is 0 Å². The zero-order valence-corrected chi connectivity index (χ0v) is 11.0. The van der Waals surface area contributed by atoms with E-state index < -0.39 is 0 Å². The number of rotatable bonds is 3. The molecule has 5 heteroatoms. The quantitative estimate of drug-likeness (QED) is 0.811. The summed E-state index contributed by atoms with van der Waals surface area (Å²) in [5.74, 6) is 1.11.